The fraction of sp³-hybridized carbons (Fsp3) is 0.273. The minimum absolute atomic E-state index is 0.0450. The zero-order chi connectivity index (χ0) is 12.7. The van der Waals surface area contributed by atoms with Crippen molar-refractivity contribution >= 4 is 23.2 Å². The molecule has 0 aliphatic carbocycles. The van der Waals surface area contributed by atoms with Gasteiger partial charge in [0.25, 0.3) is 0 Å². The monoisotopic (exact) mass is 256 g/mol. The number of halogens is 2. The van der Waals surface area contributed by atoms with Gasteiger partial charge in [0.15, 0.2) is 11.3 Å². The van der Waals surface area contributed by atoms with Crippen LogP contribution >= 0.6 is 11.6 Å². The van der Waals surface area contributed by atoms with Gasteiger partial charge in [-0.2, -0.15) is 0 Å². The van der Waals surface area contributed by atoms with Crippen LogP contribution in [0.15, 0.2) is 12.3 Å². The van der Waals surface area contributed by atoms with Crippen LogP contribution in [-0.4, -0.2) is 20.5 Å². The van der Waals surface area contributed by atoms with E-state index in [1.54, 1.807) is 0 Å². The fourth-order valence-electron chi connectivity index (χ4n) is 1.71. The molecule has 0 spiro atoms. The number of pyridine rings is 1. The Balaban J connectivity index is 2.90. The van der Waals surface area contributed by atoms with Crippen LogP contribution in [0.1, 0.15) is 35.9 Å². The Morgan fingerprint density at radius 2 is 2.24 bits per heavy atom. The Morgan fingerprint density at radius 3 is 2.76 bits per heavy atom. The highest BCUT2D eigenvalue weighted by molar-refractivity contribution is 6.33. The van der Waals surface area contributed by atoms with Gasteiger partial charge in [0.05, 0.1) is 10.7 Å². The summed E-state index contributed by atoms with van der Waals surface area (Å²) in [5.74, 6) is -1.83. The van der Waals surface area contributed by atoms with Crippen molar-refractivity contribution in [3.05, 3.63) is 34.5 Å². The van der Waals surface area contributed by atoms with Gasteiger partial charge in [0.1, 0.15) is 5.82 Å². The number of nitrogens with zero attached hydrogens (tertiary/aromatic N) is 2. The molecule has 4 nitrogen and oxygen atoms in total. The van der Waals surface area contributed by atoms with E-state index in [0.29, 0.717) is 5.69 Å². The van der Waals surface area contributed by atoms with E-state index < -0.39 is 11.8 Å². The molecule has 2 aromatic rings. The first-order chi connectivity index (χ1) is 7.91. The largest absolute Gasteiger partial charge is 0.477 e. The Morgan fingerprint density at radius 1 is 1.59 bits per heavy atom. The van der Waals surface area contributed by atoms with Gasteiger partial charge in [0, 0.05) is 6.20 Å². The summed E-state index contributed by atoms with van der Waals surface area (Å²) in [6, 6.07) is 1.11. The molecule has 0 amide bonds. The number of hydrogen-bond acceptors (Lipinski definition) is 2. The third-order valence-electron chi connectivity index (χ3n) is 2.42. The summed E-state index contributed by atoms with van der Waals surface area (Å²) in [4.78, 5) is 15.4. The lowest BCUT2D eigenvalue weighted by Crippen LogP contribution is -2.06. The van der Waals surface area contributed by atoms with Crippen molar-refractivity contribution in [1.82, 2.24) is 9.38 Å². The SMILES string of the molecule is CC(C)c1nc2c(Cl)cc(F)cn2c1C(=O)O. The molecule has 0 aliphatic heterocycles. The van der Waals surface area contributed by atoms with Crippen LogP contribution in [-0.2, 0) is 0 Å². The molecule has 6 heteroatoms. The molecular weight excluding hydrogens is 247 g/mol. The van der Waals surface area contributed by atoms with Crippen LogP contribution in [0.2, 0.25) is 5.02 Å². The second-order valence-electron chi connectivity index (χ2n) is 4.01. The van der Waals surface area contributed by atoms with E-state index in [9.17, 15) is 9.18 Å². The standard InChI is InChI=1S/C11H10ClFN2O2/c1-5(2)8-9(11(16)17)15-4-6(13)3-7(12)10(15)14-8/h3-5H,1-2H3,(H,16,17). The molecule has 2 rings (SSSR count). The number of aromatic nitrogens is 2. The first-order valence-corrected chi connectivity index (χ1v) is 5.40. The van der Waals surface area contributed by atoms with E-state index in [0.717, 1.165) is 12.3 Å². The van der Waals surface area contributed by atoms with Crippen LogP contribution < -0.4 is 0 Å². The second kappa shape index (κ2) is 4.00. The smallest absolute Gasteiger partial charge is 0.354 e. The number of hydrogen-bond donors (Lipinski definition) is 1. The molecule has 0 aromatic carbocycles. The van der Waals surface area contributed by atoms with Gasteiger partial charge in [-0.1, -0.05) is 25.4 Å². The Bertz CT molecular complexity index is 607. The highest BCUT2D eigenvalue weighted by Gasteiger charge is 2.22. The Hall–Kier alpha value is -1.62. The molecule has 2 heterocycles. The minimum atomic E-state index is -1.15. The maximum Gasteiger partial charge on any atom is 0.354 e. The van der Waals surface area contributed by atoms with Crippen LogP contribution in [0.25, 0.3) is 5.65 Å². The fourth-order valence-corrected chi connectivity index (χ4v) is 1.94. The minimum Gasteiger partial charge on any atom is -0.477 e. The van der Waals surface area contributed by atoms with Gasteiger partial charge in [-0.05, 0) is 12.0 Å². The van der Waals surface area contributed by atoms with E-state index >= 15 is 0 Å². The van der Waals surface area contributed by atoms with Crippen LogP contribution in [0.5, 0.6) is 0 Å². The van der Waals surface area contributed by atoms with Crippen molar-refractivity contribution in [2.24, 2.45) is 0 Å². The average molecular weight is 257 g/mol. The highest BCUT2D eigenvalue weighted by Crippen LogP contribution is 2.25. The lowest BCUT2D eigenvalue weighted by Gasteiger charge is -2.02. The van der Waals surface area contributed by atoms with Gasteiger partial charge in [-0.25, -0.2) is 14.2 Å². The summed E-state index contributed by atoms with van der Waals surface area (Å²) in [6.45, 7) is 3.64. The number of carboxylic acids is 1. The third kappa shape index (κ3) is 1.86. The van der Waals surface area contributed by atoms with E-state index in [2.05, 4.69) is 4.98 Å². The highest BCUT2D eigenvalue weighted by atomic mass is 35.5. The van der Waals surface area contributed by atoms with Crippen molar-refractivity contribution in [3.63, 3.8) is 0 Å². The molecule has 0 unspecified atom stereocenters. The van der Waals surface area contributed by atoms with Gasteiger partial charge in [-0.3, -0.25) is 4.40 Å². The zero-order valence-electron chi connectivity index (χ0n) is 9.24. The first-order valence-electron chi connectivity index (χ1n) is 5.02. The molecule has 0 fully saturated rings. The summed E-state index contributed by atoms with van der Waals surface area (Å²) in [5.41, 5.74) is 0.607. The summed E-state index contributed by atoms with van der Waals surface area (Å²) in [5, 5.41) is 9.25. The number of imidazole rings is 1. The summed E-state index contributed by atoms with van der Waals surface area (Å²) in [6.07, 6.45) is 1.07. The van der Waals surface area contributed by atoms with Crippen LogP contribution in [0.4, 0.5) is 4.39 Å². The van der Waals surface area contributed by atoms with E-state index in [-0.39, 0.29) is 22.3 Å². The molecule has 0 aliphatic rings. The molecule has 0 saturated heterocycles. The maximum absolute atomic E-state index is 13.2. The number of fused-ring (bicyclic) bond motifs is 1. The summed E-state index contributed by atoms with van der Waals surface area (Å²) < 4.78 is 14.4. The molecule has 90 valence electrons. The van der Waals surface area contributed by atoms with Gasteiger partial charge < -0.3 is 5.11 Å². The van der Waals surface area contributed by atoms with Crippen LogP contribution in [0.3, 0.4) is 0 Å². The third-order valence-corrected chi connectivity index (χ3v) is 2.70. The zero-order valence-corrected chi connectivity index (χ0v) is 9.99. The topological polar surface area (TPSA) is 54.6 Å². The molecule has 1 N–H and O–H groups in total. The summed E-state index contributed by atoms with van der Waals surface area (Å²) >= 11 is 5.84. The maximum atomic E-state index is 13.2. The van der Waals surface area contributed by atoms with Crippen molar-refractivity contribution in [1.29, 1.82) is 0 Å². The Kier molecular flexibility index (Phi) is 2.79. The van der Waals surface area contributed by atoms with Gasteiger partial charge >= 0.3 is 5.97 Å². The average Bonchev–Trinajstić information content (AvgIpc) is 2.56. The molecular formula is C11H10ClFN2O2. The lowest BCUT2D eigenvalue weighted by molar-refractivity contribution is 0.0687. The molecule has 17 heavy (non-hydrogen) atoms. The molecule has 0 saturated carbocycles. The molecule has 0 radical (unpaired) electrons. The number of aromatic carboxylic acids is 1. The first kappa shape index (κ1) is 11.9. The van der Waals surface area contributed by atoms with Crippen molar-refractivity contribution in [2.75, 3.05) is 0 Å². The van der Waals surface area contributed by atoms with Gasteiger partial charge in [0.2, 0.25) is 0 Å². The van der Waals surface area contributed by atoms with E-state index in [4.69, 9.17) is 16.7 Å². The molecule has 2 aromatic heterocycles. The number of carboxylic acid groups (broad SMARTS) is 1. The predicted octanol–water partition coefficient (Wildman–Crippen LogP) is 2.95. The van der Waals surface area contributed by atoms with Crippen molar-refractivity contribution < 1.29 is 14.3 Å². The predicted molar refractivity (Wildman–Crippen MR) is 61.2 cm³/mol. The normalized spacial score (nSPS) is 11.4. The second-order valence-corrected chi connectivity index (χ2v) is 4.41. The number of carbonyl (C=O) groups is 1. The van der Waals surface area contributed by atoms with Crippen molar-refractivity contribution in [3.8, 4) is 0 Å². The Labute approximate surface area is 102 Å². The van der Waals surface area contributed by atoms with E-state index in [1.165, 1.54) is 4.40 Å². The summed E-state index contributed by atoms with van der Waals surface area (Å²) in [7, 11) is 0. The molecule has 0 bridgehead atoms. The quantitative estimate of drug-likeness (QED) is 0.899. The van der Waals surface area contributed by atoms with Crippen LogP contribution in [0, 0.1) is 5.82 Å². The van der Waals surface area contributed by atoms with E-state index in [1.807, 2.05) is 13.8 Å². The van der Waals surface area contributed by atoms with Gasteiger partial charge in [-0.15, -0.1) is 0 Å². The lowest BCUT2D eigenvalue weighted by atomic mass is 10.1. The van der Waals surface area contributed by atoms with Crippen molar-refractivity contribution in [2.45, 2.75) is 19.8 Å². The number of rotatable bonds is 2. The molecule has 0 atom stereocenters.